The molecule has 2 atom stereocenters. The highest BCUT2D eigenvalue weighted by Crippen LogP contribution is 2.28. The molecule has 2 N–H and O–H groups in total. The molecule has 3 nitrogen and oxygen atoms in total. The highest BCUT2D eigenvalue weighted by atomic mass is 16.5. The fourth-order valence-electron chi connectivity index (χ4n) is 3.39. The van der Waals surface area contributed by atoms with Gasteiger partial charge in [-0.05, 0) is 50.3 Å². The van der Waals surface area contributed by atoms with Gasteiger partial charge in [-0.25, -0.2) is 0 Å². The quantitative estimate of drug-likeness (QED) is 0.875. The van der Waals surface area contributed by atoms with Gasteiger partial charge in [-0.3, -0.25) is 4.90 Å². The van der Waals surface area contributed by atoms with E-state index >= 15 is 0 Å². The Morgan fingerprint density at radius 3 is 2.57 bits per heavy atom. The Balaban J connectivity index is 2.13. The molecule has 0 radical (unpaired) electrons. The Morgan fingerprint density at radius 2 is 1.95 bits per heavy atom. The number of nitrogens with two attached hydrogens (primary N) is 1. The average molecular weight is 290 g/mol. The first kappa shape index (κ1) is 16.5. The lowest BCUT2D eigenvalue weighted by Crippen LogP contribution is -2.42. The van der Waals surface area contributed by atoms with E-state index in [1.807, 2.05) is 0 Å². The van der Waals surface area contributed by atoms with Crippen LogP contribution in [0.5, 0.6) is 0 Å². The predicted octanol–water partition coefficient (Wildman–Crippen LogP) is 3.13. The molecule has 1 fully saturated rings. The molecule has 1 aromatic rings. The number of hydrogen-bond acceptors (Lipinski definition) is 3. The number of hydrogen-bond donors (Lipinski definition) is 1. The molecular weight excluding hydrogens is 260 g/mol. The van der Waals surface area contributed by atoms with E-state index < -0.39 is 0 Å². The number of likely N-dealkylation sites (N-methyl/N-ethyl adjacent to an activating group) is 1. The van der Waals surface area contributed by atoms with Crippen molar-refractivity contribution in [2.75, 3.05) is 26.8 Å². The Labute approximate surface area is 129 Å². The van der Waals surface area contributed by atoms with Gasteiger partial charge in [0.05, 0.1) is 0 Å². The van der Waals surface area contributed by atoms with Gasteiger partial charge in [-0.2, -0.15) is 0 Å². The molecular formula is C18H30N2O. The van der Waals surface area contributed by atoms with E-state index in [0.29, 0.717) is 6.04 Å². The second-order valence-electron chi connectivity index (χ2n) is 6.37. The first-order chi connectivity index (χ1) is 10.1. The maximum absolute atomic E-state index is 6.46. The van der Waals surface area contributed by atoms with Gasteiger partial charge in [-0.1, -0.05) is 31.2 Å². The van der Waals surface area contributed by atoms with Crippen LogP contribution in [0, 0.1) is 12.8 Å². The van der Waals surface area contributed by atoms with Crippen molar-refractivity contribution < 1.29 is 4.74 Å². The number of rotatable bonds is 6. The summed E-state index contributed by atoms with van der Waals surface area (Å²) in [5.74, 6) is 0.735. The molecule has 21 heavy (non-hydrogen) atoms. The Kier molecular flexibility index (Phi) is 6.22. The van der Waals surface area contributed by atoms with E-state index in [-0.39, 0.29) is 6.04 Å². The maximum atomic E-state index is 6.46. The van der Waals surface area contributed by atoms with Crippen LogP contribution in [0.1, 0.15) is 43.4 Å². The van der Waals surface area contributed by atoms with Crippen molar-refractivity contribution in [2.24, 2.45) is 11.7 Å². The number of nitrogens with zero attached hydrogens (tertiary/aromatic N) is 1. The minimum absolute atomic E-state index is 0.177. The Hall–Kier alpha value is -0.900. The zero-order valence-electron chi connectivity index (χ0n) is 13.7. The van der Waals surface area contributed by atoms with E-state index in [1.54, 1.807) is 0 Å². The van der Waals surface area contributed by atoms with Crippen molar-refractivity contribution in [3.63, 3.8) is 0 Å². The third kappa shape index (κ3) is 4.29. The molecule has 3 heteroatoms. The van der Waals surface area contributed by atoms with Gasteiger partial charge in [0.1, 0.15) is 0 Å². The summed E-state index contributed by atoms with van der Waals surface area (Å²) in [4.78, 5) is 2.46. The molecule has 1 aromatic carbocycles. The van der Waals surface area contributed by atoms with Crippen molar-refractivity contribution in [2.45, 2.75) is 45.2 Å². The summed E-state index contributed by atoms with van der Waals surface area (Å²) < 4.78 is 5.47. The third-order valence-corrected chi connectivity index (χ3v) is 4.75. The van der Waals surface area contributed by atoms with E-state index in [4.69, 9.17) is 10.5 Å². The molecule has 1 saturated heterocycles. The second kappa shape index (κ2) is 7.92. The topological polar surface area (TPSA) is 38.5 Å². The smallest absolute Gasteiger partial charge is 0.0498 e. The molecule has 0 saturated carbocycles. The van der Waals surface area contributed by atoms with Crippen molar-refractivity contribution in [1.82, 2.24) is 4.90 Å². The first-order valence-electron chi connectivity index (χ1n) is 8.22. The molecule has 2 unspecified atom stereocenters. The van der Waals surface area contributed by atoms with Crippen molar-refractivity contribution in [3.05, 3.63) is 35.4 Å². The molecule has 0 spiro atoms. The minimum atomic E-state index is 0.177. The highest BCUT2D eigenvalue weighted by Gasteiger charge is 2.26. The van der Waals surface area contributed by atoms with Crippen LogP contribution in [0.15, 0.2) is 24.3 Å². The van der Waals surface area contributed by atoms with E-state index in [2.05, 4.69) is 50.1 Å². The van der Waals surface area contributed by atoms with E-state index in [0.717, 1.165) is 32.1 Å². The van der Waals surface area contributed by atoms with E-state index in [1.165, 1.54) is 24.0 Å². The number of aryl methyl sites for hydroxylation is 1. The molecule has 0 aromatic heterocycles. The Bertz CT molecular complexity index is 429. The van der Waals surface area contributed by atoms with Gasteiger partial charge in [0, 0.05) is 31.8 Å². The highest BCUT2D eigenvalue weighted by molar-refractivity contribution is 5.30. The minimum Gasteiger partial charge on any atom is -0.381 e. The summed E-state index contributed by atoms with van der Waals surface area (Å²) in [6, 6.07) is 9.13. The fourth-order valence-corrected chi connectivity index (χ4v) is 3.39. The maximum Gasteiger partial charge on any atom is 0.0498 e. The largest absolute Gasteiger partial charge is 0.381 e. The van der Waals surface area contributed by atoms with Gasteiger partial charge in [0.25, 0.3) is 0 Å². The van der Waals surface area contributed by atoms with Crippen LogP contribution in [-0.4, -0.2) is 37.7 Å². The van der Waals surface area contributed by atoms with Crippen LogP contribution in [0.3, 0.4) is 0 Å². The van der Waals surface area contributed by atoms with Crippen molar-refractivity contribution in [3.8, 4) is 0 Å². The number of benzene rings is 1. The summed E-state index contributed by atoms with van der Waals surface area (Å²) in [5.41, 5.74) is 9.17. The lowest BCUT2D eigenvalue weighted by Gasteiger charge is -2.36. The summed E-state index contributed by atoms with van der Waals surface area (Å²) in [6.45, 7) is 7.29. The number of ether oxygens (including phenoxy) is 1. The van der Waals surface area contributed by atoms with Crippen LogP contribution in [0.25, 0.3) is 0 Å². The Morgan fingerprint density at radius 1 is 1.29 bits per heavy atom. The standard InChI is InChI=1S/C18H30N2O/c1-4-17(19)18(16-8-6-5-7-14(16)2)20(3)13-15-9-11-21-12-10-15/h5-8,15,17-18H,4,9-13,19H2,1-3H3. The monoisotopic (exact) mass is 290 g/mol. The molecule has 2 rings (SSSR count). The van der Waals surface area contributed by atoms with Gasteiger partial charge < -0.3 is 10.5 Å². The van der Waals surface area contributed by atoms with Crippen LogP contribution >= 0.6 is 0 Å². The molecule has 1 heterocycles. The normalized spacial score (nSPS) is 19.7. The van der Waals surface area contributed by atoms with Crippen LogP contribution < -0.4 is 5.73 Å². The molecule has 0 bridgehead atoms. The van der Waals surface area contributed by atoms with Crippen LogP contribution in [-0.2, 0) is 4.74 Å². The lowest BCUT2D eigenvalue weighted by molar-refractivity contribution is 0.0480. The van der Waals surface area contributed by atoms with Crippen LogP contribution in [0.2, 0.25) is 0 Å². The zero-order valence-corrected chi connectivity index (χ0v) is 13.7. The summed E-state index contributed by atoms with van der Waals surface area (Å²) in [7, 11) is 2.22. The molecule has 1 aliphatic rings. The van der Waals surface area contributed by atoms with Gasteiger partial charge in [-0.15, -0.1) is 0 Å². The predicted molar refractivity (Wildman–Crippen MR) is 88.4 cm³/mol. The lowest BCUT2D eigenvalue weighted by atomic mass is 9.91. The molecule has 0 aliphatic carbocycles. The zero-order chi connectivity index (χ0) is 15.2. The molecule has 118 valence electrons. The van der Waals surface area contributed by atoms with E-state index in [9.17, 15) is 0 Å². The van der Waals surface area contributed by atoms with Gasteiger partial charge in [0.2, 0.25) is 0 Å². The van der Waals surface area contributed by atoms with Crippen molar-refractivity contribution in [1.29, 1.82) is 0 Å². The van der Waals surface area contributed by atoms with Crippen molar-refractivity contribution >= 4 is 0 Å². The molecule has 0 amide bonds. The summed E-state index contributed by atoms with van der Waals surface area (Å²) in [5, 5.41) is 0. The SMILES string of the molecule is CCC(N)C(c1ccccc1C)N(C)CC1CCOCC1. The van der Waals surface area contributed by atoms with Gasteiger partial charge >= 0.3 is 0 Å². The van der Waals surface area contributed by atoms with Crippen LogP contribution in [0.4, 0.5) is 0 Å². The third-order valence-electron chi connectivity index (χ3n) is 4.75. The summed E-state index contributed by atoms with van der Waals surface area (Å²) >= 11 is 0. The first-order valence-corrected chi connectivity index (χ1v) is 8.22. The van der Waals surface area contributed by atoms with Gasteiger partial charge in [0.15, 0.2) is 0 Å². The average Bonchev–Trinajstić information content (AvgIpc) is 2.50. The summed E-state index contributed by atoms with van der Waals surface area (Å²) in [6.07, 6.45) is 3.34. The second-order valence-corrected chi connectivity index (χ2v) is 6.37. The fraction of sp³-hybridized carbons (Fsp3) is 0.667. The molecule has 1 aliphatic heterocycles.